The van der Waals surface area contributed by atoms with Gasteiger partial charge in [-0.2, -0.15) is 0 Å². The number of nitrogen functional groups attached to an aromatic ring is 1. The third kappa shape index (κ3) is 3.13. The lowest BCUT2D eigenvalue weighted by Crippen LogP contribution is -2.17. The van der Waals surface area contributed by atoms with Crippen molar-refractivity contribution in [1.29, 1.82) is 0 Å². The molecule has 2 aromatic carbocycles. The summed E-state index contributed by atoms with van der Waals surface area (Å²) in [5.41, 5.74) is 2.17. The Morgan fingerprint density at radius 1 is 1.13 bits per heavy atom. The first-order valence-electron chi connectivity index (χ1n) is 7.43. The highest BCUT2D eigenvalue weighted by Crippen LogP contribution is 2.24. The number of aromatic nitrogens is 1. The molecule has 5 nitrogen and oxygen atoms in total. The molecule has 0 atom stereocenters. The average Bonchev–Trinajstić information content (AvgIpc) is 2.91. The molecule has 1 aromatic heterocycles. The zero-order valence-corrected chi connectivity index (χ0v) is 12.9. The van der Waals surface area contributed by atoms with Gasteiger partial charge in [0, 0.05) is 5.39 Å². The highest BCUT2D eigenvalue weighted by molar-refractivity contribution is 5.96. The number of ether oxygens (including phenoxy) is 2. The molecule has 3 rings (SSSR count). The van der Waals surface area contributed by atoms with E-state index in [1.807, 2.05) is 48.5 Å². The van der Waals surface area contributed by atoms with Crippen LogP contribution < -0.4 is 10.6 Å². The van der Waals surface area contributed by atoms with Gasteiger partial charge in [0.2, 0.25) is 0 Å². The van der Waals surface area contributed by atoms with Crippen molar-refractivity contribution in [2.75, 3.05) is 12.4 Å². The quantitative estimate of drug-likeness (QED) is 0.581. The van der Waals surface area contributed by atoms with Gasteiger partial charge in [0.1, 0.15) is 18.1 Å². The first kappa shape index (κ1) is 15.0. The van der Waals surface area contributed by atoms with E-state index in [0.29, 0.717) is 18.9 Å². The molecule has 1 heterocycles. The predicted molar refractivity (Wildman–Crippen MR) is 88.8 cm³/mol. The van der Waals surface area contributed by atoms with Crippen molar-refractivity contribution >= 4 is 16.9 Å². The Kier molecular flexibility index (Phi) is 4.19. The molecule has 23 heavy (non-hydrogen) atoms. The lowest BCUT2D eigenvalue weighted by Gasteiger charge is -2.07. The fourth-order valence-electron chi connectivity index (χ4n) is 2.41. The van der Waals surface area contributed by atoms with E-state index in [0.717, 1.165) is 22.2 Å². The van der Waals surface area contributed by atoms with Gasteiger partial charge in [-0.05, 0) is 36.8 Å². The molecule has 0 fully saturated rings. The van der Waals surface area contributed by atoms with Gasteiger partial charge in [-0.3, -0.25) is 4.68 Å². The van der Waals surface area contributed by atoms with E-state index >= 15 is 0 Å². The lowest BCUT2D eigenvalue weighted by molar-refractivity contribution is 0.0516. The molecule has 0 bridgehead atoms. The third-order valence-electron chi connectivity index (χ3n) is 3.54. The maximum absolute atomic E-state index is 11.9. The molecule has 118 valence electrons. The zero-order chi connectivity index (χ0) is 16.2. The van der Waals surface area contributed by atoms with Crippen molar-refractivity contribution < 1.29 is 14.3 Å². The Morgan fingerprint density at radius 3 is 2.65 bits per heavy atom. The second-order valence-electron chi connectivity index (χ2n) is 5.11. The molecule has 0 radical (unpaired) electrons. The summed E-state index contributed by atoms with van der Waals surface area (Å²) in [6, 6.07) is 17.2. The summed E-state index contributed by atoms with van der Waals surface area (Å²) in [7, 11) is 0. The molecular formula is C18H18N2O3. The summed E-state index contributed by atoms with van der Waals surface area (Å²) >= 11 is 0. The second kappa shape index (κ2) is 6.44. The van der Waals surface area contributed by atoms with E-state index in [1.54, 1.807) is 13.0 Å². The van der Waals surface area contributed by atoms with Crippen molar-refractivity contribution in [3.05, 3.63) is 65.9 Å². The van der Waals surface area contributed by atoms with E-state index in [-0.39, 0.29) is 0 Å². The summed E-state index contributed by atoms with van der Waals surface area (Å²) in [5, 5.41) is 0.834. The predicted octanol–water partition coefficient (Wildman–Crippen LogP) is 3.11. The normalized spacial score (nSPS) is 10.7. The van der Waals surface area contributed by atoms with E-state index in [9.17, 15) is 4.79 Å². The van der Waals surface area contributed by atoms with Crippen LogP contribution in [0.3, 0.4) is 0 Å². The highest BCUT2D eigenvalue weighted by atomic mass is 16.5. The van der Waals surface area contributed by atoms with Gasteiger partial charge < -0.3 is 15.3 Å². The van der Waals surface area contributed by atoms with E-state index < -0.39 is 5.97 Å². The van der Waals surface area contributed by atoms with Gasteiger partial charge in [0.15, 0.2) is 0 Å². The third-order valence-corrected chi connectivity index (χ3v) is 3.54. The first-order chi connectivity index (χ1) is 11.2. The number of carbonyl (C=O) groups is 1. The van der Waals surface area contributed by atoms with Crippen LogP contribution in [0.5, 0.6) is 5.75 Å². The Balaban J connectivity index is 1.83. The molecule has 3 aromatic rings. The fraction of sp³-hybridized carbons (Fsp3) is 0.167. The second-order valence-corrected chi connectivity index (χ2v) is 5.11. The maximum atomic E-state index is 11.9. The minimum atomic E-state index is -0.432. The van der Waals surface area contributed by atoms with Gasteiger partial charge >= 0.3 is 5.97 Å². The standard InChI is InChI=1S/C18H18N2O3/c1-2-22-18(21)17-11-14-10-15(8-9-16(14)20(17)19)23-12-13-6-4-3-5-7-13/h3-11H,2,12,19H2,1H3. The minimum Gasteiger partial charge on any atom is -0.489 e. The highest BCUT2D eigenvalue weighted by Gasteiger charge is 2.15. The van der Waals surface area contributed by atoms with E-state index in [4.69, 9.17) is 15.3 Å². The van der Waals surface area contributed by atoms with Crippen LogP contribution in [-0.4, -0.2) is 17.3 Å². The topological polar surface area (TPSA) is 66.5 Å². The summed E-state index contributed by atoms with van der Waals surface area (Å²) in [6.07, 6.45) is 0. The van der Waals surface area contributed by atoms with Gasteiger partial charge in [-0.25, -0.2) is 4.79 Å². The van der Waals surface area contributed by atoms with Crippen LogP contribution in [0.1, 0.15) is 23.0 Å². The van der Waals surface area contributed by atoms with Crippen molar-refractivity contribution in [1.82, 2.24) is 4.68 Å². The molecule has 0 saturated heterocycles. The fourth-order valence-corrected chi connectivity index (χ4v) is 2.41. The maximum Gasteiger partial charge on any atom is 0.356 e. The molecule has 5 heteroatoms. The molecule has 0 amide bonds. The number of nitrogens with two attached hydrogens (primary N) is 1. The lowest BCUT2D eigenvalue weighted by atomic mass is 10.2. The summed E-state index contributed by atoms with van der Waals surface area (Å²) in [4.78, 5) is 11.9. The Labute approximate surface area is 134 Å². The van der Waals surface area contributed by atoms with Crippen molar-refractivity contribution in [2.24, 2.45) is 0 Å². The average molecular weight is 310 g/mol. The monoisotopic (exact) mass is 310 g/mol. The van der Waals surface area contributed by atoms with Gasteiger partial charge in [-0.1, -0.05) is 30.3 Å². The number of hydrogen-bond donors (Lipinski definition) is 1. The SMILES string of the molecule is CCOC(=O)c1cc2cc(OCc3ccccc3)ccc2n1N. The van der Waals surface area contributed by atoms with Crippen LogP contribution in [-0.2, 0) is 11.3 Å². The number of esters is 1. The van der Waals surface area contributed by atoms with Gasteiger partial charge in [0.25, 0.3) is 0 Å². The number of hydrogen-bond acceptors (Lipinski definition) is 4. The molecule has 2 N–H and O–H groups in total. The van der Waals surface area contributed by atoms with Crippen LogP contribution >= 0.6 is 0 Å². The molecule has 0 aliphatic heterocycles. The molecule has 0 aliphatic rings. The Hall–Kier alpha value is -2.95. The van der Waals surface area contributed by atoms with Crippen molar-refractivity contribution in [2.45, 2.75) is 13.5 Å². The van der Waals surface area contributed by atoms with Crippen LogP contribution in [0.25, 0.3) is 10.9 Å². The van der Waals surface area contributed by atoms with E-state index in [1.165, 1.54) is 4.68 Å². The first-order valence-corrected chi connectivity index (χ1v) is 7.43. The number of nitrogens with zero attached hydrogens (tertiary/aromatic N) is 1. The summed E-state index contributed by atoms with van der Waals surface area (Å²) < 4.78 is 12.1. The van der Waals surface area contributed by atoms with Crippen LogP contribution in [0.2, 0.25) is 0 Å². The Morgan fingerprint density at radius 2 is 1.91 bits per heavy atom. The largest absolute Gasteiger partial charge is 0.489 e. The van der Waals surface area contributed by atoms with Gasteiger partial charge in [0.05, 0.1) is 12.1 Å². The number of benzene rings is 2. The molecule has 0 unspecified atom stereocenters. The molecular weight excluding hydrogens is 292 g/mol. The number of carbonyl (C=O) groups excluding carboxylic acids is 1. The van der Waals surface area contributed by atoms with Crippen LogP contribution in [0.15, 0.2) is 54.6 Å². The van der Waals surface area contributed by atoms with E-state index in [2.05, 4.69) is 0 Å². The van der Waals surface area contributed by atoms with Crippen LogP contribution in [0.4, 0.5) is 0 Å². The zero-order valence-electron chi connectivity index (χ0n) is 12.9. The number of rotatable bonds is 5. The summed E-state index contributed by atoms with van der Waals surface area (Å²) in [5.74, 6) is 6.25. The molecule has 0 saturated carbocycles. The smallest absolute Gasteiger partial charge is 0.356 e. The van der Waals surface area contributed by atoms with Crippen LogP contribution in [0, 0.1) is 0 Å². The van der Waals surface area contributed by atoms with Gasteiger partial charge in [-0.15, -0.1) is 0 Å². The molecule has 0 aliphatic carbocycles. The minimum absolute atomic E-state index is 0.311. The summed E-state index contributed by atoms with van der Waals surface area (Å²) in [6.45, 7) is 2.56. The van der Waals surface area contributed by atoms with Crippen molar-refractivity contribution in [3.63, 3.8) is 0 Å². The number of fused-ring (bicyclic) bond motifs is 1. The van der Waals surface area contributed by atoms with Crippen molar-refractivity contribution in [3.8, 4) is 5.75 Å². The molecule has 0 spiro atoms. The Bertz CT molecular complexity index is 825.